The number of hydrogen-bond donors (Lipinski definition) is 1. The molecule has 3 aromatic carbocycles. The maximum absolute atomic E-state index is 13.4. The van der Waals surface area contributed by atoms with Gasteiger partial charge in [0.1, 0.15) is 11.4 Å². The molecule has 0 aliphatic rings. The lowest BCUT2D eigenvalue weighted by molar-refractivity contribution is -0.116. The maximum Gasteiger partial charge on any atom is 0.270 e. The van der Waals surface area contributed by atoms with Gasteiger partial charge in [-0.25, -0.2) is 0 Å². The quantitative estimate of drug-likeness (QED) is 0.418. The molecular weight excluding hydrogens is 438 g/mol. The number of nitrogens with zero attached hydrogens (tertiary/aromatic N) is 2. The van der Waals surface area contributed by atoms with Gasteiger partial charge in [0.25, 0.3) is 5.91 Å². The molecule has 2 amide bonds. The van der Waals surface area contributed by atoms with Crippen molar-refractivity contribution >= 4 is 40.0 Å². The molecule has 0 spiro atoms. The standard InChI is InChI=1S/C26H24ClN3O3/c1-29(17-25(31)28-21-15-20(27)12-13-24(21)33-2)26(32)23-14-19-10-6-7-11-22(19)30(23)16-18-8-4-3-5-9-18/h3-15H,16-17H2,1-2H3,(H,28,31). The van der Waals surface area contributed by atoms with Crippen molar-refractivity contribution in [1.82, 2.24) is 9.47 Å². The lowest BCUT2D eigenvalue weighted by atomic mass is 10.2. The van der Waals surface area contributed by atoms with Gasteiger partial charge in [-0.2, -0.15) is 0 Å². The Bertz CT molecular complexity index is 1300. The highest BCUT2D eigenvalue weighted by Crippen LogP contribution is 2.28. The molecule has 0 fully saturated rings. The van der Waals surface area contributed by atoms with Crippen molar-refractivity contribution in [3.8, 4) is 5.75 Å². The highest BCUT2D eigenvalue weighted by Gasteiger charge is 2.21. The third-order valence-electron chi connectivity index (χ3n) is 5.38. The summed E-state index contributed by atoms with van der Waals surface area (Å²) in [5.74, 6) is -0.0998. The summed E-state index contributed by atoms with van der Waals surface area (Å²) in [5.41, 5.74) is 3.03. The molecule has 33 heavy (non-hydrogen) atoms. The molecule has 4 aromatic rings. The van der Waals surface area contributed by atoms with E-state index in [4.69, 9.17) is 16.3 Å². The summed E-state index contributed by atoms with van der Waals surface area (Å²) in [6.45, 7) is 0.427. The molecule has 0 radical (unpaired) electrons. The number of fused-ring (bicyclic) bond motifs is 1. The zero-order valence-corrected chi connectivity index (χ0v) is 19.2. The van der Waals surface area contributed by atoms with E-state index in [2.05, 4.69) is 5.32 Å². The number of hydrogen-bond acceptors (Lipinski definition) is 3. The van der Waals surface area contributed by atoms with Crippen molar-refractivity contribution in [2.75, 3.05) is 26.0 Å². The molecule has 1 heterocycles. The topological polar surface area (TPSA) is 63.6 Å². The molecule has 0 saturated carbocycles. The average Bonchev–Trinajstić information content (AvgIpc) is 3.17. The monoisotopic (exact) mass is 461 g/mol. The fraction of sp³-hybridized carbons (Fsp3) is 0.154. The number of benzene rings is 3. The van der Waals surface area contributed by atoms with Gasteiger partial charge in [0.15, 0.2) is 0 Å². The van der Waals surface area contributed by atoms with Crippen LogP contribution in [0.15, 0.2) is 78.9 Å². The van der Waals surface area contributed by atoms with E-state index < -0.39 is 0 Å². The van der Waals surface area contributed by atoms with Crippen LogP contribution in [0.25, 0.3) is 10.9 Å². The number of likely N-dealkylation sites (N-methyl/N-ethyl adjacent to an activating group) is 1. The van der Waals surface area contributed by atoms with Gasteiger partial charge in [-0.3, -0.25) is 9.59 Å². The van der Waals surface area contributed by atoms with E-state index in [9.17, 15) is 9.59 Å². The Hall–Kier alpha value is -3.77. The van der Waals surface area contributed by atoms with Crippen molar-refractivity contribution < 1.29 is 14.3 Å². The summed E-state index contributed by atoms with van der Waals surface area (Å²) in [6.07, 6.45) is 0. The van der Waals surface area contributed by atoms with Crippen LogP contribution >= 0.6 is 11.6 Å². The Kier molecular flexibility index (Phi) is 6.66. The minimum atomic E-state index is -0.350. The highest BCUT2D eigenvalue weighted by molar-refractivity contribution is 6.31. The van der Waals surface area contributed by atoms with Gasteiger partial charge in [0.2, 0.25) is 5.91 Å². The number of ether oxygens (including phenoxy) is 1. The first-order chi connectivity index (χ1) is 16.0. The van der Waals surface area contributed by atoms with Gasteiger partial charge in [-0.05, 0) is 35.9 Å². The van der Waals surface area contributed by atoms with Crippen LogP contribution in [-0.4, -0.2) is 42.0 Å². The number of methoxy groups -OCH3 is 1. The second kappa shape index (κ2) is 9.79. The SMILES string of the molecule is COc1ccc(Cl)cc1NC(=O)CN(C)C(=O)c1cc2ccccc2n1Cc1ccccc1. The fourth-order valence-corrected chi connectivity index (χ4v) is 3.95. The van der Waals surface area contributed by atoms with Crippen molar-refractivity contribution in [2.45, 2.75) is 6.54 Å². The molecule has 6 nitrogen and oxygen atoms in total. The Morgan fingerprint density at radius 3 is 2.48 bits per heavy atom. The van der Waals surface area contributed by atoms with E-state index in [1.807, 2.05) is 65.2 Å². The molecule has 4 rings (SSSR count). The number of carbonyl (C=O) groups is 2. The van der Waals surface area contributed by atoms with Crippen LogP contribution in [-0.2, 0) is 11.3 Å². The predicted molar refractivity (Wildman–Crippen MR) is 131 cm³/mol. The minimum absolute atomic E-state index is 0.124. The van der Waals surface area contributed by atoms with Crippen LogP contribution in [0, 0.1) is 0 Å². The zero-order valence-electron chi connectivity index (χ0n) is 18.4. The number of halogens is 1. The largest absolute Gasteiger partial charge is 0.495 e. The highest BCUT2D eigenvalue weighted by atomic mass is 35.5. The van der Waals surface area contributed by atoms with Crippen LogP contribution in [0.5, 0.6) is 5.75 Å². The van der Waals surface area contributed by atoms with Gasteiger partial charge in [-0.1, -0.05) is 60.1 Å². The number of anilines is 1. The van der Waals surface area contributed by atoms with Gasteiger partial charge in [-0.15, -0.1) is 0 Å². The Labute approximate surface area is 197 Å². The van der Waals surface area contributed by atoms with E-state index in [1.165, 1.54) is 12.0 Å². The molecule has 1 aromatic heterocycles. The first kappa shape index (κ1) is 22.4. The molecule has 7 heteroatoms. The summed E-state index contributed by atoms with van der Waals surface area (Å²) in [4.78, 5) is 27.5. The van der Waals surface area contributed by atoms with Crippen molar-refractivity contribution in [1.29, 1.82) is 0 Å². The normalized spacial score (nSPS) is 10.8. The molecule has 168 valence electrons. The van der Waals surface area contributed by atoms with Crippen LogP contribution in [0.2, 0.25) is 5.02 Å². The zero-order chi connectivity index (χ0) is 23.4. The van der Waals surface area contributed by atoms with Crippen LogP contribution in [0.4, 0.5) is 5.69 Å². The first-order valence-corrected chi connectivity index (χ1v) is 10.8. The summed E-state index contributed by atoms with van der Waals surface area (Å²) >= 11 is 6.04. The van der Waals surface area contributed by atoms with Gasteiger partial charge < -0.3 is 19.5 Å². The summed E-state index contributed by atoms with van der Waals surface area (Å²) in [5, 5.41) is 4.22. The summed E-state index contributed by atoms with van der Waals surface area (Å²) in [7, 11) is 3.13. The van der Waals surface area contributed by atoms with Gasteiger partial charge in [0, 0.05) is 29.5 Å². The second-order valence-corrected chi connectivity index (χ2v) is 8.15. The number of aromatic nitrogens is 1. The molecule has 0 aliphatic carbocycles. The maximum atomic E-state index is 13.4. The molecular formula is C26H24ClN3O3. The number of carbonyl (C=O) groups excluding carboxylic acids is 2. The lowest BCUT2D eigenvalue weighted by Gasteiger charge is -2.19. The first-order valence-electron chi connectivity index (χ1n) is 10.5. The van der Waals surface area contributed by atoms with Crippen molar-refractivity contribution in [2.24, 2.45) is 0 Å². The van der Waals surface area contributed by atoms with Crippen molar-refractivity contribution in [3.63, 3.8) is 0 Å². The van der Waals surface area contributed by atoms with E-state index in [0.29, 0.717) is 28.7 Å². The molecule has 0 atom stereocenters. The Morgan fingerprint density at radius 1 is 1.00 bits per heavy atom. The molecule has 1 N–H and O–H groups in total. The van der Waals surface area contributed by atoms with Crippen LogP contribution in [0.1, 0.15) is 16.1 Å². The third-order valence-corrected chi connectivity index (χ3v) is 5.61. The molecule has 0 saturated heterocycles. The third kappa shape index (κ3) is 5.02. The van der Waals surface area contributed by atoms with E-state index in [-0.39, 0.29) is 18.4 Å². The molecule has 0 bridgehead atoms. The summed E-state index contributed by atoms with van der Waals surface area (Å²) in [6, 6.07) is 24.7. The number of amides is 2. The number of nitrogens with one attached hydrogen (secondary N) is 1. The Balaban J connectivity index is 1.56. The van der Waals surface area contributed by atoms with Crippen molar-refractivity contribution in [3.05, 3.63) is 95.1 Å². The van der Waals surface area contributed by atoms with Gasteiger partial charge >= 0.3 is 0 Å². The van der Waals surface area contributed by atoms with E-state index in [1.54, 1.807) is 25.2 Å². The predicted octanol–water partition coefficient (Wildman–Crippen LogP) is 5.06. The Morgan fingerprint density at radius 2 is 1.73 bits per heavy atom. The minimum Gasteiger partial charge on any atom is -0.495 e. The molecule has 0 unspecified atom stereocenters. The second-order valence-electron chi connectivity index (χ2n) is 7.71. The number of para-hydroxylation sites is 1. The number of rotatable bonds is 7. The fourth-order valence-electron chi connectivity index (χ4n) is 3.77. The smallest absolute Gasteiger partial charge is 0.270 e. The van der Waals surface area contributed by atoms with Crippen LogP contribution in [0.3, 0.4) is 0 Å². The van der Waals surface area contributed by atoms with E-state index >= 15 is 0 Å². The average molecular weight is 462 g/mol. The van der Waals surface area contributed by atoms with Crippen LogP contribution < -0.4 is 10.1 Å². The van der Waals surface area contributed by atoms with Gasteiger partial charge in [0.05, 0.1) is 19.3 Å². The summed E-state index contributed by atoms with van der Waals surface area (Å²) < 4.78 is 7.26. The van der Waals surface area contributed by atoms with E-state index in [0.717, 1.165) is 16.5 Å². The lowest BCUT2D eigenvalue weighted by Crippen LogP contribution is -2.36. The molecule has 0 aliphatic heterocycles.